The van der Waals surface area contributed by atoms with Gasteiger partial charge in [-0.15, -0.1) is 0 Å². The van der Waals surface area contributed by atoms with Gasteiger partial charge in [0.2, 0.25) is 0 Å². The smallest absolute Gasteiger partial charge is 0.303 e. The second-order valence-corrected chi connectivity index (χ2v) is 3.01. The highest BCUT2D eigenvalue weighted by Gasteiger charge is 2.08. The van der Waals surface area contributed by atoms with Gasteiger partial charge in [-0.25, -0.2) is 0 Å². The van der Waals surface area contributed by atoms with Gasteiger partial charge < -0.3 is 15.3 Å². The lowest BCUT2D eigenvalue weighted by atomic mass is 10.1. The Morgan fingerprint density at radius 2 is 1.83 bits per heavy atom. The molecule has 0 aliphatic heterocycles. The van der Waals surface area contributed by atoms with Gasteiger partial charge in [-0.2, -0.15) is 0 Å². The zero-order chi connectivity index (χ0) is 9.56. The van der Waals surface area contributed by atoms with E-state index in [9.17, 15) is 9.90 Å². The molecule has 2 atom stereocenters. The number of aliphatic hydroxyl groups is 2. The number of carboxylic acids is 1. The van der Waals surface area contributed by atoms with Crippen molar-refractivity contribution in [2.75, 3.05) is 0 Å². The number of hydrogen-bond acceptors (Lipinski definition) is 3. The van der Waals surface area contributed by atoms with E-state index in [0.717, 1.165) is 0 Å². The minimum absolute atomic E-state index is 0.0129. The second-order valence-electron chi connectivity index (χ2n) is 3.01. The number of rotatable bonds is 6. The zero-order valence-electron chi connectivity index (χ0n) is 7.23. The van der Waals surface area contributed by atoms with Gasteiger partial charge in [-0.3, -0.25) is 4.79 Å². The van der Waals surface area contributed by atoms with Gasteiger partial charge in [0.25, 0.3) is 0 Å². The summed E-state index contributed by atoms with van der Waals surface area (Å²) in [6.07, 6.45) is 0.203. The third-order valence-corrected chi connectivity index (χ3v) is 1.61. The van der Waals surface area contributed by atoms with Crippen LogP contribution in [0.1, 0.15) is 32.6 Å². The van der Waals surface area contributed by atoms with Crippen LogP contribution in [0, 0.1) is 0 Å². The van der Waals surface area contributed by atoms with E-state index < -0.39 is 18.2 Å². The van der Waals surface area contributed by atoms with Crippen molar-refractivity contribution in [2.24, 2.45) is 0 Å². The SMILES string of the molecule is C[C@@H](O)CC[C@@H](O)CCC(=O)O. The fourth-order valence-corrected chi connectivity index (χ4v) is 0.868. The molecule has 0 bridgehead atoms. The lowest BCUT2D eigenvalue weighted by Crippen LogP contribution is -2.12. The number of aliphatic carboxylic acids is 1. The van der Waals surface area contributed by atoms with Crippen molar-refractivity contribution in [3.8, 4) is 0 Å². The first-order chi connectivity index (χ1) is 5.52. The summed E-state index contributed by atoms with van der Waals surface area (Å²) in [5.74, 6) is -0.897. The molecule has 0 aromatic rings. The molecule has 0 unspecified atom stereocenters. The van der Waals surface area contributed by atoms with Crippen LogP contribution in [0.2, 0.25) is 0 Å². The van der Waals surface area contributed by atoms with Gasteiger partial charge >= 0.3 is 5.97 Å². The third kappa shape index (κ3) is 7.50. The second kappa shape index (κ2) is 5.97. The predicted octanol–water partition coefficient (Wildman–Crippen LogP) is 0.373. The fraction of sp³-hybridized carbons (Fsp3) is 0.875. The van der Waals surface area contributed by atoms with Crippen LogP contribution >= 0.6 is 0 Å². The van der Waals surface area contributed by atoms with Crippen LogP contribution in [0.3, 0.4) is 0 Å². The largest absolute Gasteiger partial charge is 0.481 e. The van der Waals surface area contributed by atoms with E-state index in [-0.39, 0.29) is 12.8 Å². The van der Waals surface area contributed by atoms with Gasteiger partial charge in [0.15, 0.2) is 0 Å². The van der Waals surface area contributed by atoms with E-state index >= 15 is 0 Å². The van der Waals surface area contributed by atoms with Crippen molar-refractivity contribution in [3.63, 3.8) is 0 Å². The first kappa shape index (κ1) is 11.4. The van der Waals surface area contributed by atoms with Gasteiger partial charge in [-0.05, 0) is 26.2 Å². The summed E-state index contributed by atoms with van der Waals surface area (Å²) in [6, 6.07) is 0. The highest BCUT2D eigenvalue weighted by Crippen LogP contribution is 2.06. The minimum Gasteiger partial charge on any atom is -0.481 e. The summed E-state index contributed by atoms with van der Waals surface area (Å²) >= 11 is 0. The molecule has 0 rings (SSSR count). The van der Waals surface area contributed by atoms with E-state index in [1.54, 1.807) is 6.92 Å². The van der Waals surface area contributed by atoms with E-state index in [1.165, 1.54) is 0 Å². The first-order valence-electron chi connectivity index (χ1n) is 4.10. The maximum absolute atomic E-state index is 10.1. The molecule has 4 nitrogen and oxygen atoms in total. The highest BCUT2D eigenvalue weighted by atomic mass is 16.4. The summed E-state index contributed by atoms with van der Waals surface area (Å²) in [4.78, 5) is 10.1. The van der Waals surface area contributed by atoms with Gasteiger partial charge in [0.1, 0.15) is 0 Å². The summed E-state index contributed by atoms with van der Waals surface area (Å²) in [5, 5.41) is 26.3. The Hall–Kier alpha value is -0.610. The maximum atomic E-state index is 10.1. The van der Waals surface area contributed by atoms with Crippen LogP contribution < -0.4 is 0 Å². The Morgan fingerprint density at radius 1 is 1.25 bits per heavy atom. The van der Waals surface area contributed by atoms with Crippen molar-refractivity contribution >= 4 is 5.97 Å². The van der Waals surface area contributed by atoms with Gasteiger partial charge in [-0.1, -0.05) is 0 Å². The van der Waals surface area contributed by atoms with Crippen molar-refractivity contribution in [3.05, 3.63) is 0 Å². The zero-order valence-corrected chi connectivity index (χ0v) is 7.23. The predicted molar refractivity (Wildman–Crippen MR) is 43.8 cm³/mol. The molecule has 0 aromatic carbocycles. The van der Waals surface area contributed by atoms with E-state index in [1.807, 2.05) is 0 Å². The molecule has 0 fully saturated rings. The minimum atomic E-state index is -0.897. The Morgan fingerprint density at radius 3 is 2.25 bits per heavy atom. The normalized spacial score (nSPS) is 15.6. The average Bonchev–Trinajstić information content (AvgIpc) is 1.96. The van der Waals surface area contributed by atoms with Crippen LogP contribution in [0.5, 0.6) is 0 Å². The van der Waals surface area contributed by atoms with Crippen LogP contribution in [-0.2, 0) is 4.79 Å². The van der Waals surface area contributed by atoms with Gasteiger partial charge in [0, 0.05) is 6.42 Å². The molecule has 0 saturated heterocycles. The molecule has 0 heterocycles. The average molecular weight is 176 g/mol. The van der Waals surface area contributed by atoms with Crippen LogP contribution in [0.15, 0.2) is 0 Å². The standard InChI is InChI=1S/C8H16O4/c1-6(9)2-3-7(10)4-5-8(11)12/h6-7,9-10H,2-5H2,1H3,(H,11,12)/t6-,7-/m1/s1. The number of carbonyl (C=O) groups is 1. The monoisotopic (exact) mass is 176 g/mol. The van der Waals surface area contributed by atoms with E-state index in [0.29, 0.717) is 12.8 Å². The summed E-state index contributed by atoms with van der Waals surface area (Å²) in [5.41, 5.74) is 0. The molecule has 0 aliphatic rings. The van der Waals surface area contributed by atoms with E-state index in [2.05, 4.69) is 0 Å². The molecule has 0 aliphatic carbocycles. The molecule has 12 heavy (non-hydrogen) atoms. The van der Waals surface area contributed by atoms with Crippen molar-refractivity contribution in [1.82, 2.24) is 0 Å². The molecule has 0 amide bonds. The number of aliphatic hydroxyl groups excluding tert-OH is 2. The molecule has 4 heteroatoms. The number of carboxylic acid groups (broad SMARTS) is 1. The summed E-state index contributed by atoms with van der Waals surface area (Å²) in [6.45, 7) is 1.64. The van der Waals surface area contributed by atoms with Gasteiger partial charge in [0.05, 0.1) is 12.2 Å². The van der Waals surface area contributed by atoms with E-state index in [4.69, 9.17) is 10.2 Å². The topological polar surface area (TPSA) is 77.8 Å². The summed E-state index contributed by atoms with van der Waals surface area (Å²) < 4.78 is 0. The number of hydrogen-bond donors (Lipinski definition) is 3. The van der Waals surface area contributed by atoms with Crippen molar-refractivity contribution in [1.29, 1.82) is 0 Å². The molecule has 0 spiro atoms. The van der Waals surface area contributed by atoms with Crippen LogP contribution in [0.25, 0.3) is 0 Å². The molecular formula is C8H16O4. The Balaban J connectivity index is 3.33. The molecule has 0 radical (unpaired) electrons. The van der Waals surface area contributed by atoms with Crippen molar-refractivity contribution in [2.45, 2.75) is 44.8 Å². The fourth-order valence-electron chi connectivity index (χ4n) is 0.868. The van der Waals surface area contributed by atoms with Crippen LogP contribution in [0.4, 0.5) is 0 Å². The third-order valence-electron chi connectivity index (χ3n) is 1.61. The Bertz CT molecular complexity index is 133. The molecule has 0 aromatic heterocycles. The maximum Gasteiger partial charge on any atom is 0.303 e. The highest BCUT2D eigenvalue weighted by molar-refractivity contribution is 5.66. The lowest BCUT2D eigenvalue weighted by Gasteiger charge is -2.09. The molecule has 3 N–H and O–H groups in total. The Labute approximate surface area is 71.8 Å². The lowest BCUT2D eigenvalue weighted by molar-refractivity contribution is -0.137. The molecular weight excluding hydrogens is 160 g/mol. The Kier molecular flexibility index (Phi) is 5.66. The van der Waals surface area contributed by atoms with Crippen molar-refractivity contribution < 1.29 is 20.1 Å². The summed E-state index contributed by atoms with van der Waals surface area (Å²) in [7, 11) is 0. The molecule has 0 saturated carbocycles. The quantitative estimate of drug-likeness (QED) is 0.546. The first-order valence-corrected chi connectivity index (χ1v) is 4.10. The molecule has 72 valence electrons. The van der Waals surface area contributed by atoms with Crippen LogP contribution in [-0.4, -0.2) is 33.5 Å².